The lowest BCUT2D eigenvalue weighted by Crippen LogP contribution is -2.32. The van der Waals surface area contributed by atoms with E-state index in [2.05, 4.69) is 16.9 Å². The quantitative estimate of drug-likeness (QED) is 0.629. The molecule has 1 aromatic heterocycles. The molecule has 5 N–H and O–H groups in total. The highest BCUT2D eigenvalue weighted by Crippen LogP contribution is 2.30. The van der Waals surface area contributed by atoms with Crippen molar-refractivity contribution in [2.45, 2.75) is 13.3 Å². The third-order valence-electron chi connectivity index (χ3n) is 3.10. The number of nitrogens with one attached hydrogen (secondary N) is 1. The molecule has 0 saturated carbocycles. The van der Waals surface area contributed by atoms with Crippen LogP contribution in [0.25, 0.3) is 0 Å². The van der Waals surface area contributed by atoms with Gasteiger partial charge in [0.15, 0.2) is 0 Å². The summed E-state index contributed by atoms with van der Waals surface area (Å²) < 4.78 is 0. The largest absolute Gasteiger partial charge is 0.383 e. The van der Waals surface area contributed by atoms with Gasteiger partial charge in [0.2, 0.25) is 5.95 Å². The molecule has 0 bridgehead atoms. The topological polar surface area (TPSA) is 101 Å². The van der Waals surface area contributed by atoms with Crippen molar-refractivity contribution in [3.8, 4) is 0 Å². The molecule has 0 aliphatic carbocycles. The molecule has 0 aromatic carbocycles. The summed E-state index contributed by atoms with van der Waals surface area (Å²) in [5, 5.41) is 0. The summed E-state index contributed by atoms with van der Waals surface area (Å²) in [6.45, 7) is 4.42. The normalized spacial score (nSPS) is 25.0. The Morgan fingerprint density at radius 3 is 3.00 bits per heavy atom. The molecule has 1 aliphatic heterocycles. The summed E-state index contributed by atoms with van der Waals surface area (Å²) in [7, 11) is 0. The van der Waals surface area contributed by atoms with Gasteiger partial charge in [-0.2, -0.15) is 4.98 Å². The molecule has 2 rings (SSSR count). The highest BCUT2D eigenvalue weighted by molar-refractivity contribution is 5.39. The predicted molar refractivity (Wildman–Crippen MR) is 63.3 cm³/mol. The maximum atomic E-state index is 11.3. The van der Waals surface area contributed by atoms with E-state index in [1.165, 1.54) is 6.07 Å². The lowest BCUT2D eigenvalue weighted by atomic mass is 9.90. The van der Waals surface area contributed by atoms with E-state index in [9.17, 15) is 4.79 Å². The van der Waals surface area contributed by atoms with Crippen molar-refractivity contribution >= 4 is 11.8 Å². The van der Waals surface area contributed by atoms with Crippen molar-refractivity contribution in [1.29, 1.82) is 0 Å². The summed E-state index contributed by atoms with van der Waals surface area (Å²) in [6, 6.07) is 1.28. The third kappa shape index (κ3) is 2.01. The van der Waals surface area contributed by atoms with Gasteiger partial charge in [-0.3, -0.25) is 9.78 Å². The van der Waals surface area contributed by atoms with Gasteiger partial charge < -0.3 is 16.4 Å². The minimum absolute atomic E-state index is 0.100. The van der Waals surface area contributed by atoms with Crippen LogP contribution in [-0.4, -0.2) is 29.6 Å². The van der Waals surface area contributed by atoms with Crippen LogP contribution in [0.1, 0.15) is 13.3 Å². The van der Waals surface area contributed by atoms with Gasteiger partial charge in [-0.15, -0.1) is 0 Å². The zero-order valence-electron chi connectivity index (χ0n) is 9.36. The van der Waals surface area contributed by atoms with Crippen molar-refractivity contribution in [2.24, 2.45) is 11.1 Å². The Morgan fingerprint density at radius 2 is 2.44 bits per heavy atom. The van der Waals surface area contributed by atoms with Gasteiger partial charge in [0.05, 0.1) is 0 Å². The number of hydrogen-bond donors (Lipinski definition) is 3. The Morgan fingerprint density at radius 1 is 1.69 bits per heavy atom. The lowest BCUT2D eigenvalue weighted by Gasteiger charge is -2.22. The van der Waals surface area contributed by atoms with E-state index >= 15 is 0 Å². The van der Waals surface area contributed by atoms with Crippen LogP contribution in [0.2, 0.25) is 0 Å². The summed E-state index contributed by atoms with van der Waals surface area (Å²) in [5.74, 6) is 0.794. The van der Waals surface area contributed by atoms with E-state index in [-0.39, 0.29) is 16.8 Å². The van der Waals surface area contributed by atoms with Gasteiger partial charge in [-0.25, -0.2) is 0 Å². The van der Waals surface area contributed by atoms with E-state index in [1.807, 2.05) is 4.90 Å². The van der Waals surface area contributed by atoms with Crippen molar-refractivity contribution < 1.29 is 0 Å². The first-order valence-electron chi connectivity index (χ1n) is 5.34. The molecule has 1 aliphatic rings. The molecule has 1 fully saturated rings. The molecular formula is C10H17N5O. The molecule has 6 nitrogen and oxygen atoms in total. The number of nitrogens with two attached hydrogens (primary N) is 2. The number of rotatable bonds is 2. The molecule has 16 heavy (non-hydrogen) atoms. The van der Waals surface area contributed by atoms with Crippen LogP contribution in [0.15, 0.2) is 10.9 Å². The van der Waals surface area contributed by atoms with Crippen LogP contribution < -0.4 is 21.9 Å². The average molecular weight is 223 g/mol. The smallest absolute Gasteiger partial charge is 0.254 e. The first-order valence-corrected chi connectivity index (χ1v) is 5.34. The first-order chi connectivity index (χ1) is 7.52. The van der Waals surface area contributed by atoms with Gasteiger partial charge in [-0.05, 0) is 18.4 Å². The van der Waals surface area contributed by atoms with Crippen LogP contribution in [-0.2, 0) is 0 Å². The summed E-state index contributed by atoms with van der Waals surface area (Å²) in [6.07, 6.45) is 1.00. The van der Waals surface area contributed by atoms with E-state index in [0.717, 1.165) is 19.5 Å². The van der Waals surface area contributed by atoms with Gasteiger partial charge in [-0.1, -0.05) is 6.92 Å². The number of nitrogens with zero attached hydrogens (tertiary/aromatic N) is 2. The second-order valence-corrected chi connectivity index (χ2v) is 4.68. The summed E-state index contributed by atoms with van der Waals surface area (Å²) in [5.41, 5.74) is 11.2. The van der Waals surface area contributed by atoms with Gasteiger partial charge in [0, 0.05) is 19.2 Å². The van der Waals surface area contributed by atoms with E-state index in [4.69, 9.17) is 11.5 Å². The molecule has 0 radical (unpaired) electrons. The summed E-state index contributed by atoms with van der Waals surface area (Å²) in [4.78, 5) is 20.1. The third-order valence-corrected chi connectivity index (χ3v) is 3.10. The Hall–Kier alpha value is -1.56. The number of H-pyrrole nitrogens is 1. The number of nitrogen functional groups attached to an aromatic ring is 1. The molecule has 0 amide bonds. The molecule has 1 unspecified atom stereocenters. The predicted octanol–water partition coefficient (Wildman–Crippen LogP) is -0.473. The lowest BCUT2D eigenvalue weighted by molar-refractivity contribution is 0.383. The number of anilines is 2. The fourth-order valence-electron chi connectivity index (χ4n) is 1.98. The minimum atomic E-state index is -0.219. The van der Waals surface area contributed by atoms with E-state index in [0.29, 0.717) is 12.5 Å². The van der Waals surface area contributed by atoms with E-state index in [1.54, 1.807) is 0 Å². The van der Waals surface area contributed by atoms with Crippen LogP contribution in [0.5, 0.6) is 0 Å². The molecule has 1 saturated heterocycles. The van der Waals surface area contributed by atoms with Gasteiger partial charge in [0.1, 0.15) is 5.82 Å². The molecule has 1 atom stereocenters. The summed E-state index contributed by atoms with van der Waals surface area (Å²) >= 11 is 0. The fourth-order valence-corrected chi connectivity index (χ4v) is 1.98. The maximum Gasteiger partial charge on any atom is 0.254 e. The van der Waals surface area contributed by atoms with E-state index < -0.39 is 0 Å². The zero-order chi connectivity index (χ0) is 11.8. The first kappa shape index (κ1) is 10.9. The molecule has 2 heterocycles. The van der Waals surface area contributed by atoms with Crippen molar-refractivity contribution in [3.05, 3.63) is 16.4 Å². The van der Waals surface area contributed by atoms with Crippen molar-refractivity contribution in [1.82, 2.24) is 9.97 Å². The molecule has 1 aromatic rings. The molecule has 6 heteroatoms. The molecule has 0 spiro atoms. The highest BCUT2D eigenvalue weighted by Gasteiger charge is 2.33. The van der Waals surface area contributed by atoms with Crippen LogP contribution in [0, 0.1) is 5.41 Å². The highest BCUT2D eigenvalue weighted by atomic mass is 16.1. The standard InChI is InChI=1S/C10H17N5O/c1-10(5-11)2-3-15(6-10)9-13-7(12)4-8(16)14-9/h4H,2-3,5-6,11H2,1H3,(H3,12,13,14,16). The zero-order valence-corrected chi connectivity index (χ0v) is 9.36. The van der Waals surface area contributed by atoms with Crippen LogP contribution in [0.3, 0.4) is 0 Å². The average Bonchev–Trinajstić information content (AvgIpc) is 2.61. The maximum absolute atomic E-state index is 11.3. The Labute approximate surface area is 93.7 Å². The number of aromatic amines is 1. The Balaban J connectivity index is 2.24. The molecule has 88 valence electrons. The van der Waals surface area contributed by atoms with Crippen molar-refractivity contribution in [2.75, 3.05) is 30.3 Å². The number of hydrogen-bond acceptors (Lipinski definition) is 5. The van der Waals surface area contributed by atoms with Crippen LogP contribution in [0.4, 0.5) is 11.8 Å². The SMILES string of the molecule is CC1(CN)CCN(c2nc(N)cc(=O)[nH]2)C1. The van der Waals surface area contributed by atoms with Gasteiger partial charge in [0.25, 0.3) is 5.56 Å². The minimum Gasteiger partial charge on any atom is -0.383 e. The van der Waals surface area contributed by atoms with Crippen LogP contribution >= 0.6 is 0 Å². The second-order valence-electron chi connectivity index (χ2n) is 4.68. The Kier molecular flexibility index (Phi) is 2.59. The van der Waals surface area contributed by atoms with Crippen molar-refractivity contribution in [3.63, 3.8) is 0 Å². The monoisotopic (exact) mass is 223 g/mol. The number of aromatic nitrogens is 2. The second kappa shape index (κ2) is 3.79. The fraction of sp³-hybridized carbons (Fsp3) is 0.600. The molecular weight excluding hydrogens is 206 g/mol. The van der Waals surface area contributed by atoms with Gasteiger partial charge >= 0.3 is 0 Å². The Bertz CT molecular complexity index is 443.